The molecule has 0 aromatic heterocycles. The summed E-state index contributed by atoms with van der Waals surface area (Å²) < 4.78 is 58.6. The van der Waals surface area contributed by atoms with Gasteiger partial charge in [-0.3, -0.25) is 9.10 Å². The van der Waals surface area contributed by atoms with E-state index in [1.54, 1.807) is 30.3 Å². The number of Topliss-reactive ketones (excluding diaryl/α,β-unsaturated/α-hetero) is 1. The lowest BCUT2D eigenvalue weighted by atomic mass is 10.1. The molecule has 9 heteroatoms. The van der Waals surface area contributed by atoms with Crippen molar-refractivity contribution in [2.24, 2.45) is 0 Å². The van der Waals surface area contributed by atoms with Crippen molar-refractivity contribution < 1.29 is 31.5 Å². The Balaban J connectivity index is 1.76. The molecule has 0 amide bonds. The van der Waals surface area contributed by atoms with Crippen LogP contribution in [0.25, 0.3) is 0 Å². The number of anilines is 1. The largest absolute Gasteiger partial charge is 0.454 e. The Bertz CT molecular complexity index is 1230. The van der Waals surface area contributed by atoms with E-state index >= 15 is 0 Å². The molecule has 0 radical (unpaired) electrons. The highest BCUT2D eigenvalue weighted by Gasteiger charge is 2.23. The normalized spacial score (nSPS) is 11.1. The monoisotopic (exact) mass is 445 g/mol. The maximum atomic E-state index is 13.7. The number of ether oxygens (including phenoxy) is 1. The van der Waals surface area contributed by atoms with Gasteiger partial charge in [0.1, 0.15) is 11.6 Å². The number of ketones is 1. The molecule has 0 aliphatic carbocycles. The molecule has 0 saturated carbocycles. The molecule has 0 saturated heterocycles. The molecule has 0 N–H and O–H groups in total. The minimum atomic E-state index is -3.97. The van der Waals surface area contributed by atoms with Gasteiger partial charge in [0.05, 0.1) is 21.7 Å². The fourth-order valence-corrected chi connectivity index (χ4v) is 3.96. The lowest BCUT2D eigenvalue weighted by molar-refractivity contribution is 0.0473. The molecule has 0 bridgehead atoms. The third-order valence-electron chi connectivity index (χ3n) is 4.41. The van der Waals surface area contributed by atoms with E-state index in [1.807, 2.05) is 0 Å². The van der Waals surface area contributed by atoms with Crippen molar-refractivity contribution in [3.8, 4) is 0 Å². The Hall–Kier alpha value is -3.59. The van der Waals surface area contributed by atoms with Gasteiger partial charge in [-0.1, -0.05) is 24.3 Å². The SMILES string of the molecule is CN(c1ccccc1)S(=O)(=O)c1cccc(C(=O)OCC(=O)c2cc(F)ccc2F)c1. The third kappa shape index (κ3) is 4.95. The molecule has 0 unspecified atom stereocenters. The van der Waals surface area contributed by atoms with Crippen LogP contribution in [0.4, 0.5) is 14.5 Å². The van der Waals surface area contributed by atoms with Crippen molar-refractivity contribution >= 4 is 27.5 Å². The van der Waals surface area contributed by atoms with Crippen LogP contribution < -0.4 is 4.31 Å². The average Bonchev–Trinajstić information content (AvgIpc) is 2.78. The zero-order valence-electron chi connectivity index (χ0n) is 16.3. The van der Waals surface area contributed by atoms with Crippen molar-refractivity contribution in [1.82, 2.24) is 0 Å². The van der Waals surface area contributed by atoms with E-state index in [-0.39, 0.29) is 10.5 Å². The third-order valence-corrected chi connectivity index (χ3v) is 6.19. The zero-order chi connectivity index (χ0) is 22.6. The fraction of sp³-hybridized carbons (Fsp3) is 0.0909. The first-order chi connectivity index (χ1) is 14.7. The molecule has 3 aromatic carbocycles. The number of benzene rings is 3. The van der Waals surface area contributed by atoms with Crippen LogP contribution in [0.2, 0.25) is 0 Å². The Morgan fingerprint density at radius 1 is 0.935 bits per heavy atom. The second-order valence-corrected chi connectivity index (χ2v) is 8.43. The molecule has 0 aliphatic rings. The minimum Gasteiger partial charge on any atom is -0.454 e. The highest BCUT2D eigenvalue weighted by Crippen LogP contribution is 2.22. The molecule has 3 aromatic rings. The van der Waals surface area contributed by atoms with Crippen molar-refractivity contribution in [2.45, 2.75) is 4.90 Å². The molecule has 31 heavy (non-hydrogen) atoms. The number of carbonyl (C=O) groups is 2. The Morgan fingerprint density at radius 3 is 2.35 bits per heavy atom. The van der Waals surface area contributed by atoms with Gasteiger partial charge in [0.15, 0.2) is 6.61 Å². The topological polar surface area (TPSA) is 80.8 Å². The van der Waals surface area contributed by atoms with Crippen LogP contribution in [0, 0.1) is 11.6 Å². The number of para-hydroxylation sites is 1. The predicted octanol–water partition coefficient (Wildman–Crippen LogP) is 3.83. The molecule has 0 aliphatic heterocycles. The minimum absolute atomic E-state index is 0.116. The number of hydrogen-bond donors (Lipinski definition) is 0. The summed E-state index contributed by atoms with van der Waals surface area (Å²) in [6.45, 7) is -0.833. The first-order valence-electron chi connectivity index (χ1n) is 8.99. The number of carbonyl (C=O) groups excluding carboxylic acids is 2. The molecule has 0 spiro atoms. The van der Waals surface area contributed by atoms with Crippen molar-refractivity contribution in [2.75, 3.05) is 18.0 Å². The number of sulfonamides is 1. The van der Waals surface area contributed by atoms with E-state index in [0.717, 1.165) is 22.5 Å². The lowest BCUT2D eigenvalue weighted by Crippen LogP contribution is -2.26. The van der Waals surface area contributed by atoms with Gasteiger partial charge in [-0.05, 0) is 48.5 Å². The van der Waals surface area contributed by atoms with Crippen LogP contribution in [-0.2, 0) is 14.8 Å². The van der Waals surface area contributed by atoms with Gasteiger partial charge in [0.2, 0.25) is 5.78 Å². The summed E-state index contributed by atoms with van der Waals surface area (Å²) in [4.78, 5) is 24.2. The van der Waals surface area contributed by atoms with Gasteiger partial charge < -0.3 is 4.74 Å². The standard InChI is InChI=1S/C22H17F2NO5S/c1-25(17-7-3-2-4-8-17)31(28,29)18-9-5-6-15(12-18)22(27)30-14-21(26)19-13-16(23)10-11-20(19)24/h2-13H,14H2,1H3. The van der Waals surface area contributed by atoms with Gasteiger partial charge in [-0.2, -0.15) is 0 Å². The van der Waals surface area contributed by atoms with Crippen LogP contribution in [0.1, 0.15) is 20.7 Å². The summed E-state index contributed by atoms with van der Waals surface area (Å²) >= 11 is 0. The molecule has 6 nitrogen and oxygen atoms in total. The first kappa shape index (κ1) is 22.1. The van der Waals surface area contributed by atoms with Gasteiger partial charge in [0, 0.05) is 7.05 Å². The van der Waals surface area contributed by atoms with E-state index in [4.69, 9.17) is 4.74 Å². The molecular formula is C22H17F2NO5S. The molecule has 0 heterocycles. The average molecular weight is 445 g/mol. The Labute approximate surface area is 177 Å². The maximum absolute atomic E-state index is 13.7. The highest BCUT2D eigenvalue weighted by atomic mass is 32.2. The molecule has 0 fully saturated rings. The molecule has 160 valence electrons. The number of hydrogen-bond acceptors (Lipinski definition) is 5. The summed E-state index contributed by atoms with van der Waals surface area (Å²) in [5.41, 5.74) is -0.234. The second-order valence-electron chi connectivity index (χ2n) is 6.46. The van der Waals surface area contributed by atoms with E-state index in [2.05, 4.69) is 0 Å². The Morgan fingerprint density at radius 2 is 1.65 bits per heavy atom. The van der Waals surface area contributed by atoms with E-state index < -0.39 is 45.6 Å². The summed E-state index contributed by atoms with van der Waals surface area (Å²) in [6, 6.07) is 15.8. The fourth-order valence-electron chi connectivity index (χ4n) is 2.72. The number of halogens is 2. The van der Waals surface area contributed by atoms with Crippen molar-refractivity contribution in [3.63, 3.8) is 0 Å². The molecular weight excluding hydrogens is 428 g/mol. The number of rotatable bonds is 7. The highest BCUT2D eigenvalue weighted by molar-refractivity contribution is 7.92. The zero-order valence-corrected chi connectivity index (χ0v) is 17.1. The first-order valence-corrected chi connectivity index (χ1v) is 10.4. The van der Waals surface area contributed by atoms with Crippen molar-refractivity contribution in [1.29, 1.82) is 0 Å². The number of esters is 1. The van der Waals surface area contributed by atoms with E-state index in [9.17, 15) is 26.8 Å². The maximum Gasteiger partial charge on any atom is 0.338 e. The molecule has 0 atom stereocenters. The molecule has 3 rings (SSSR count). The summed E-state index contributed by atoms with van der Waals surface area (Å²) in [7, 11) is -2.59. The van der Waals surface area contributed by atoms with Crippen LogP contribution in [0.5, 0.6) is 0 Å². The predicted molar refractivity (Wildman–Crippen MR) is 109 cm³/mol. The van der Waals surface area contributed by atoms with Crippen LogP contribution >= 0.6 is 0 Å². The van der Waals surface area contributed by atoms with Gasteiger partial charge >= 0.3 is 5.97 Å². The number of nitrogens with zero attached hydrogens (tertiary/aromatic N) is 1. The summed E-state index contributed by atoms with van der Waals surface area (Å²) in [6.07, 6.45) is 0. The van der Waals surface area contributed by atoms with Crippen molar-refractivity contribution in [3.05, 3.63) is 95.6 Å². The van der Waals surface area contributed by atoms with E-state index in [1.165, 1.54) is 25.2 Å². The quantitative estimate of drug-likeness (QED) is 0.408. The van der Waals surface area contributed by atoms with E-state index in [0.29, 0.717) is 11.8 Å². The summed E-state index contributed by atoms with van der Waals surface area (Å²) in [5.74, 6) is -3.67. The lowest BCUT2D eigenvalue weighted by Gasteiger charge is -2.19. The second kappa shape index (κ2) is 9.05. The summed E-state index contributed by atoms with van der Waals surface area (Å²) in [5, 5.41) is 0. The van der Waals surface area contributed by atoms with Crippen LogP contribution in [-0.4, -0.2) is 33.8 Å². The van der Waals surface area contributed by atoms with Crippen LogP contribution in [0.3, 0.4) is 0 Å². The van der Waals surface area contributed by atoms with Gasteiger partial charge in [-0.25, -0.2) is 22.0 Å². The van der Waals surface area contributed by atoms with Gasteiger partial charge in [-0.15, -0.1) is 0 Å². The van der Waals surface area contributed by atoms with Gasteiger partial charge in [0.25, 0.3) is 10.0 Å². The smallest absolute Gasteiger partial charge is 0.338 e. The van der Waals surface area contributed by atoms with Crippen LogP contribution in [0.15, 0.2) is 77.7 Å². The Kier molecular flexibility index (Phi) is 6.45.